The second-order valence-corrected chi connectivity index (χ2v) is 9.01. The third kappa shape index (κ3) is 6.44. The lowest BCUT2D eigenvalue weighted by atomic mass is 10.3. The van der Waals surface area contributed by atoms with Crippen molar-refractivity contribution in [2.24, 2.45) is 0 Å². The molecule has 0 fully saturated rings. The van der Waals surface area contributed by atoms with E-state index >= 15 is 0 Å². The first-order chi connectivity index (χ1) is 16.4. The second kappa shape index (κ2) is 10.3. The first-order valence-corrected chi connectivity index (χ1v) is 11.7. The lowest BCUT2D eigenvalue weighted by Crippen LogP contribution is -2.38. The zero-order chi connectivity index (χ0) is 25.8. The Morgan fingerprint density at radius 3 is 2.17 bits per heavy atom. The maximum absolute atomic E-state index is 13.5. The Morgan fingerprint density at radius 2 is 1.66 bits per heavy atom. The minimum Gasteiger partial charge on any atom is -0.494 e. The molecule has 2 aromatic carbocycles. The average Bonchev–Trinajstić information content (AvgIpc) is 3.12. The largest absolute Gasteiger partial charge is 0.573 e. The number of anilines is 2. The van der Waals surface area contributed by atoms with E-state index in [1.807, 2.05) is 0 Å². The molecule has 1 amide bonds. The van der Waals surface area contributed by atoms with Gasteiger partial charge in [-0.25, -0.2) is 8.42 Å². The number of alkyl halides is 3. The number of hydrogen-bond acceptors (Lipinski definition) is 7. The van der Waals surface area contributed by atoms with Gasteiger partial charge in [0.25, 0.3) is 10.0 Å². The van der Waals surface area contributed by atoms with Crippen molar-refractivity contribution in [1.82, 2.24) is 5.16 Å². The van der Waals surface area contributed by atoms with Gasteiger partial charge in [0.2, 0.25) is 5.91 Å². The molecule has 3 rings (SSSR count). The second-order valence-electron chi connectivity index (χ2n) is 7.21. The Labute approximate surface area is 199 Å². The number of halogens is 3. The number of rotatable bonds is 9. The van der Waals surface area contributed by atoms with Gasteiger partial charge in [0.05, 0.1) is 12.3 Å². The maximum atomic E-state index is 13.5. The summed E-state index contributed by atoms with van der Waals surface area (Å²) in [7, 11) is -4.28. The summed E-state index contributed by atoms with van der Waals surface area (Å²) in [6.45, 7) is 4.48. The zero-order valence-electron chi connectivity index (χ0n) is 18.9. The van der Waals surface area contributed by atoms with Gasteiger partial charge in [-0.05, 0) is 69.3 Å². The molecule has 0 spiro atoms. The van der Waals surface area contributed by atoms with Crippen LogP contribution in [0.25, 0.3) is 0 Å². The van der Waals surface area contributed by atoms with Crippen LogP contribution in [0.2, 0.25) is 0 Å². The quantitative estimate of drug-likeness (QED) is 0.451. The first-order valence-electron chi connectivity index (χ1n) is 10.2. The maximum Gasteiger partial charge on any atom is 0.573 e. The normalized spacial score (nSPS) is 11.7. The van der Waals surface area contributed by atoms with E-state index in [-0.39, 0.29) is 27.7 Å². The Kier molecular flexibility index (Phi) is 7.58. The van der Waals surface area contributed by atoms with Crippen LogP contribution in [-0.4, -0.2) is 39.0 Å². The van der Waals surface area contributed by atoms with Crippen LogP contribution in [0.3, 0.4) is 0 Å². The number of amides is 1. The minimum absolute atomic E-state index is 0.0547. The number of nitrogens with one attached hydrogen (secondary N) is 1. The van der Waals surface area contributed by atoms with Crippen molar-refractivity contribution < 1.29 is 40.4 Å². The molecular formula is C22H22F3N3O6S. The number of hydrogen-bond donors (Lipinski definition) is 1. The highest BCUT2D eigenvalue weighted by Crippen LogP contribution is 2.29. The van der Waals surface area contributed by atoms with Gasteiger partial charge in [-0.2, -0.15) is 0 Å². The SMILES string of the molecule is CCOc1ccc(N(CC(=O)Nc2ccc(OC(F)(F)F)cc2)S(=O)(=O)c2c(C)noc2C)cc1. The van der Waals surface area contributed by atoms with Gasteiger partial charge in [-0.15, -0.1) is 13.2 Å². The summed E-state index contributed by atoms with van der Waals surface area (Å²) in [6.07, 6.45) is -4.85. The van der Waals surface area contributed by atoms with E-state index in [1.54, 1.807) is 19.1 Å². The van der Waals surface area contributed by atoms with Crippen molar-refractivity contribution in [3.63, 3.8) is 0 Å². The number of carbonyl (C=O) groups excluding carboxylic acids is 1. The summed E-state index contributed by atoms with van der Waals surface area (Å²) in [6, 6.07) is 10.5. The summed E-state index contributed by atoms with van der Waals surface area (Å²) in [5, 5.41) is 6.15. The van der Waals surface area contributed by atoms with Crippen molar-refractivity contribution in [1.29, 1.82) is 0 Å². The van der Waals surface area contributed by atoms with Gasteiger partial charge in [0.15, 0.2) is 10.7 Å². The fraction of sp³-hybridized carbons (Fsp3) is 0.273. The van der Waals surface area contributed by atoms with Crippen molar-refractivity contribution >= 4 is 27.3 Å². The van der Waals surface area contributed by atoms with Crippen LogP contribution in [0.5, 0.6) is 11.5 Å². The van der Waals surface area contributed by atoms with E-state index in [0.717, 1.165) is 16.4 Å². The average molecular weight is 513 g/mol. The molecule has 3 aromatic rings. The predicted octanol–water partition coefficient (Wildman–Crippen LogP) is 4.42. The minimum atomic E-state index is -4.85. The van der Waals surface area contributed by atoms with Crippen LogP contribution in [-0.2, 0) is 14.8 Å². The molecule has 0 radical (unpaired) electrons. The Morgan fingerprint density at radius 1 is 1.06 bits per heavy atom. The van der Waals surface area contributed by atoms with Gasteiger partial charge in [-0.3, -0.25) is 9.10 Å². The molecule has 188 valence electrons. The summed E-state index contributed by atoms with van der Waals surface area (Å²) in [5.74, 6) is -0.637. The molecule has 13 heteroatoms. The van der Waals surface area contributed by atoms with Crippen molar-refractivity contribution in [2.75, 3.05) is 22.8 Å². The third-order valence-corrected chi connectivity index (χ3v) is 6.63. The Balaban J connectivity index is 1.87. The zero-order valence-corrected chi connectivity index (χ0v) is 19.7. The molecule has 0 aliphatic carbocycles. The number of ether oxygens (including phenoxy) is 2. The highest BCUT2D eigenvalue weighted by molar-refractivity contribution is 7.93. The fourth-order valence-electron chi connectivity index (χ4n) is 3.21. The first kappa shape index (κ1) is 25.9. The standard InChI is InChI=1S/C22H22F3N3O6S/c1-4-32-18-11-7-17(8-12-18)28(35(30,31)21-14(2)27-34-15(21)3)13-20(29)26-16-5-9-19(10-6-16)33-22(23,24)25/h5-12H,4,13H2,1-3H3,(H,26,29). The van der Waals surface area contributed by atoms with Crippen molar-refractivity contribution in [2.45, 2.75) is 32.0 Å². The molecule has 0 unspecified atom stereocenters. The summed E-state index contributed by atoms with van der Waals surface area (Å²) in [4.78, 5) is 12.6. The molecule has 0 bridgehead atoms. The molecule has 1 aromatic heterocycles. The lowest BCUT2D eigenvalue weighted by molar-refractivity contribution is -0.274. The number of sulfonamides is 1. The molecule has 1 heterocycles. The fourth-order valence-corrected chi connectivity index (χ4v) is 4.93. The van der Waals surface area contributed by atoms with Crippen LogP contribution < -0.4 is 19.1 Å². The Bertz CT molecular complexity index is 1250. The topological polar surface area (TPSA) is 111 Å². The van der Waals surface area contributed by atoms with E-state index in [1.165, 1.54) is 38.1 Å². The van der Waals surface area contributed by atoms with Gasteiger partial charge in [0.1, 0.15) is 23.7 Å². The van der Waals surface area contributed by atoms with Crippen LogP contribution in [0.1, 0.15) is 18.4 Å². The summed E-state index contributed by atoms with van der Waals surface area (Å²) >= 11 is 0. The number of nitrogens with zero attached hydrogens (tertiary/aromatic N) is 2. The van der Waals surface area contributed by atoms with Gasteiger partial charge in [0, 0.05) is 5.69 Å². The third-order valence-electron chi connectivity index (χ3n) is 4.61. The highest BCUT2D eigenvalue weighted by Gasteiger charge is 2.33. The van der Waals surface area contributed by atoms with Gasteiger partial charge in [-0.1, -0.05) is 5.16 Å². The molecule has 0 aliphatic rings. The number of benzene rings is 2. The molecule has 0 saturated carbocycles. The van der Waals surface area contributed by atoms with Crippen molar-refractivity contribution in [3.8, 4) is 11.5 Å². The van der Waals surface area contributed by atoms with Gasteiger partial charge < -0.3 is 19.3 Å². The van der Waals surface area contributed by atoms with E-state index in [2.05, 4.69) is 15.2 Å². The molecule has 35 heavy (non-hydrogen) atoms. The molecular weight excluding hydrogens is 491 g/mol. The van der Waals surface area contributed by atoms with Crippen LogP contribution in [0.15, 0.2) is 57.9 Å². The number of aryl methyl sites for hydroxylation is 2. The van der Waals surface area contributed by atoms with E-state index in [4.69, 9.17) is 9.26 Å². The van der Waals surface area contributed by atoms with Crippen LogP contribution in [0, 0.1) is 13.8 Å². The van der Waals surface area contributed by atoms with Crippen LogP contribution >= 0.6 is 0 Å². The van der Waals surface area contributed by atoms with E-state index < -0.39 is 34.6 Å². The molecule has 1 N–H and O–H groups in total. The summed E-state index contributed by atoms with van der Waals surface area (Å²) in [5.41, 5.74) is 0.447. The summed E-state index contributed by atoms with van der Waals surface area (Å²) < 4.78 is 79.1. The van der Waals surface area contributed by atoms with Crippen LogP contribution in [0.4, 0.5) is 24.5 Å². The monoisotopic (exact) mass is 513 g/mol. The van der Waals surface area contributed by atoms with E-state index in [0.29, 0.717) is 12.4 Å². The molecule has 0 aliphatic heterocycles. The molecule has 0 saturated heterocycles. The molecule has 9 nitrogen and oxygen atoms in total. The molecule has 0 atom stereocenters. The van der Waals surface area contributed by atoms with E-state index in [9.17, 15) is 26.4 Å². The number of carbonyl (C=O) groups is 1. The Hall–Kier alpha value is -3.74. The number of aromatic nitrogens is 1. The lowest BCUT2D eigenvalue weighted by Gasteiger charge is -2.24. The van der Waals surface area contributed by atoms with Crippen molar-refractivity contribution in [3.05, 3.63) is 60.0 Å². The predicted molar refractivity (Wildman–Crippen MR) is 120 cm³/mol. The smallest absolute Gasteiger partial charge is 0.494 e. The highest BCUT2D eigenvalue weighted by atomic mass is 32.2. The van der Waals surface area contributed by atoms with Gasteiger partial charge >= 0.3 is 6.36 Å².